The van der Waals surface area contributed by atoms with Crippen LogP contribution in [-0.4, -0.2) is 0 Å². The molecule has 0 aliphatic carbocycles. The van der Waals surface area contributed by atoms with E-state index in [1.54, 1.807) is 6.07 Å². The van der Waals surface area contributed by atoms with Crippen molar-refractivity contribution in [2.24, 2.45) is 0 Å². The van der Waals surface area contributed by atoms with Gasteiger partial charge in [-0.05, 0) is 13.0 Å². The lowest BCUT2D eigenvalue weighted by atomic mass is 10.2. The van der Waals surface area contributed by atoms with Crippen LogP contribution in [0.25, 0.3) is 0 Å². The molecule has 0 amide bonds. The molecular weight excluding hydrogens is 209 g/mol. The molecule has 11 heavy (non-hydrogen) atoms. The molecule has 58 valence electrons. The Balaban J connectivity index is 4.72. The van der Waals surface area contributed by atoms with Gasteiger partial charge >= 0.3 is 0 Å². The second kappa shape index (κ2) is 4.86. The van der Waals surface area contributed by atoms with Crippen molar-refractivity contribution in [1.82, 2.24) is 0 Å². The van der Waals surface area contributed by atoms with Gasteiger partial charge in [-0.2, -0.15) is 5.26 Å². The van der Waals surface area contributed by atoms with Crippen LogP contribution in [0.1, 0.15) is 6.92 Å². The standard InChI is InChI=1S/C8H7BrFN/c1-3-8(10)7(5-11)4-6(2)9/h3-4H,2H2,1H3. The van der Waals surface area contributed by atoms with Crippen LogP contribution in [0.15, 0.2) is 34.6 Å². The van der Waals surface area contributed by atoms with Crippen molar-refractivity contribution < 1.29 is 4.39 Å². The maximum absolute atomic E-state index is 12.7. The maximum Gasteiger partial charge on any atom is 0.136 e. The average Bonchev–Trinajstić information content (AvgIpc) is 1.98. The minimum atomic E-state index is -0.534. The van der Waals surface area contributed by atoms with Crippen molar-refractivity contribution in [3.8, 4) is 6.07 Å². The minimum Gasteiger partial charge on any atom is -0.206 e. The summed E-state index contributed by atoms with van der Waals surface area (Å²) in [5.74, 6) is -0.534. The summed E-state index contributed by atoms with van der Waals surface area (Å²) in [5.41, 5.74) is -0.0191. The van der Waals surface area contributed by atoms with E-state index < -0.39 is 5.83 Å². The van der Waals surface area contributed by atoms with E-state index >= 15 is 0 Å². The van der Waals surface area contributed by atoms with Gasteiger partial charge in [0.25, 0.3) is 0 Å². The lowest BCUT2D eigenvalue weighted by Crippen LogP contribution is -1.78. The van der Waals surface area contributed by atoms with E-state index in [9.17, 15) is 4.39 Å². The number of allylic oxidation sites excluding steroid dienone is 5. The van der Waals surface area contributed by atoms with Crippen LogP contribution >= 0.6 is 15.9 Å². The molecule has 0 saturated heterocycles. The predicted molar refractivity (Wildman–Crippen MR) is 46.6 cm³/mol. The first-order chi connectivity index (χ1) is 5.11. The number of nitriles is 1. The highest BCUT2D eigenvalue weighted by molar-refractivity contribution is 9.11. The van der Waals surface area contributed by atoms with E-state index in [1.165, 1.54) is 19.1 Å². The Bertz CT molecular complexity index is 258. The Morgan fingerprint density at radius 3 is 2.55 bits per heavy atom. The second-order valence-corrected chi connectivity index (χ2v) is 2.77. The van der Waals surface area contributed by atoms with Crippen LogP contribution < -0.4 is 0 Å². The molecule has 0 N–H and O–H groups in total. The summed E-state index contributed by atoms with van der Waals surface area (Å²) < 4.78 is 13.1. The molecule has 1 nitrogen and oxygen atoms in total. The first-order valence-corrected chi connectivity index (χ1v) is 3.69. The lowest BCUT2D eigenvalue weighted by molar-refractivity contribution is 0.656. The predicted octanol–water partition coefficient (Wildman–Crippen LogP) is 3.22. The van der Waals surface area contributed by atoms with E-state index in [0.717, 1.165) is 0 Å². The Labute approximate surface area is 73.7 Å². The number of rotatable bonds is 2. The molecule has 0 fully saturated rings. The van der Waals surface area contributed by atoms with E-state index in [4.69, 9.17) is 5.26 Å². The molecule has 3 heteroatoms. The SMILES string of the molecule is C=C(Br)C=C(C#N)C(F)=CC. The Hall–Kier alpha value is -0.880. The fourth-order valence-electron chi connectivity index (χ4n) is 0.467. The molecule has 0 bridgehead atoms. The Kier molecular flexibility index (Phi) is 4.47. The summed E-state index contributed by atoms with van der Waals surface area (Å²) in [6.07, 6.45) is 2.56. The molecule has 0 aliphatic heterocycles. The van der Waals surface area contributed by atoms with Crippen LogP contribution in [0, 0.1) is 11.3 Å². The fraction of sp³-hybridized carbons (Fsp3) is 0.125. The molecule has 0 rings (SSSR count). The first-order valence-electron chi connectivity index (χ1n) is 2.90. The van der Waals surface area contributed by atoms with Gasteiger partial charge in [-0.15, -0.1) is 0 Å². The van der Waals surface area contributed by atoms with Gasteiger partial charge in [-0.3, -0.25) is 0 Å². The number of hydrogen-bond acceptors (Lipinski definition) is 1. The summed E-state index contributed by atoms with van der Waals surface area (Å²) in [5, 5.41) is 8.42. The Morgan fingerprint density at radius 1 is 1.73 bits per heavy atom. The third kappa shape index (κ3) is 3.74. The quantitative estimate of drug-likeness (QED) is 0.513. The van der Waals surface area contributed by atoms with Crippen LogP contribution in [0.5, 0.6) is 0 Å². The smallest absolute Gasteiger partial charge is 0.136 e. The largest absolute Gasteiger partial charge is 0.206 e. The van der Waals surface area contributed by atoms with Gasteiger partial charge in [0.2, 0.25) is 0 Å². The minimum absolute atomic E-state index is 0.0191. The van der Waals surface area contributed by atoms with E-state index in [2.05, 4.69) is 22.5 Å². The molecule has 0 saturated carbocycles. The topological polar surface area (TPSA) is 23.8 Å². The number of hydrogen-bond donors (Lipinski definition) is 0. The zero-order chi connectivity index (χ0) is 8.85. The molecule has 0 aromatic carbocycles. The molecule has 0 unspecified atom stereocenters. The van der Waals surface area contributed by atoms with Crippen molar-refractivity contribution in [1.29, 1.82) is 5.26 Å². The van der Waals surface area contributed by atoms with Crippen LogP contribution in [-0.2, 0) is 0 Å². The molecule has 0 aliphatic rings. The zero-order valence-corrected chi connectivity index (χ0v) is 7.65. The molecule has 0 heterocycles. The third-order valence-electron chi connectivity index (χ3n) is 0.932. The van der Waals surface area contributed by atoms with Crippen molar-refractivity contribution in [2.75, 3.05) is 0 Å². The van der Waals surface area contributed by atoms with Crippen LogP contribution in [0.3, 0.4) is 0 Å². The normalized spacial score (nSPS) is 12.5. The van der Waals surface area contributed by atoms with Gasteiger partial charge in [0.15, 0.2) is 0 Å². The molecule has 0 spiro atoms. The maximum atomic E-state index is 12.7. The third-order valence-corrected chi connectivity index (χ3v) is 1.16. The van der Waals surface area contributed by atoms with Crippen LogP contribution in [0.4, 0.5) is 4.39 Å². The van der Waals surface area contributed by atoms with Crippen molar-refractivity contribution >= 4 is 15.9 Å². The molecule has 0 atom stereocenters. The van der Waals surface area contributed by atoms with Crippen molar-refractivity contribution in [3.63, 3.8) is 0 Å². The summed E-state index contributed by atoms with van der Waals surface area (Å²) in [7, 11) is 0. The monoisotopic (exact) mass is 215 g/mol. The number of halogens is 2. The average molecular weight is 216 g/mol. The zero-order valence-electron chi connectivity index (χ0n) is 6.06. The van der Waals surface area contributed by atoms with Gasteiger partial charge < -0.3 is 0 Å². The first kappa shape index (κ1) is 10.1. The molecular formula is C8H7BrFN. The van der Waals surface area contributed by atoms with Gasteiger partial charge in [-0.1, -0.05) is 28.6 Å². The van der Waals surface area contributed by atoms with Gasteiger partial charge in [0.1, 0.15) is 11.9 Å². The van der Waals surface area contributed by atoms with Gasteiger partial charge in [-0.25, -0.2) is 4.39 Å². The summed E-state index contributed by atoms with van der Waals surface area (Å²) in [6.45, 7) is 4.98. The summed E-state index contributed by atoms with van der Waals surface area (Å²) in [6, 6.07) is 1.71. The molecule has 0 radical (unpaired) electrons. The highest BCUT2D eigenvalue weighted by Crippen LogP contribution is 2.14. The van der Waals surface area contributed by atoms with Gasteiger partial charge in [0.05, 0.1) is 5.57 Å². The highest BCUT2D eigenvalue weighted by Gasteiger charge is 2.00. The summed E-state index contributed by atoms with van der Waals surface area (Å²) in [4.78, 5) is 0. The van der Waals surface area contributed by atoms with Crippen molar-refractivity contribution in [3.05, 3.63) is 34.6 Å². The van der Waals surface area contributed by atoms with Crippen LogP contribution in [0.2, 0.25) is 0 Å². The van der Waals surface area contributed by atoms with E-state index in [0.29, 0.717) is 4.48 Å². The van der Waals surface area contributed by atoms with Crippen molar-refractivity contribution in [2.45, 2.75) is 6.92 Å². The lowest BCUT2D eigenvalue weighted by Gasteiger charge is -1.91. The fourth-order valence-corrected chi connectivity index (χ4v) is 0.696. The second-order valence-electron chi connectivity index (χ2n) is 1.75. The number of nitrogens with zero attached hydrogens (tertiary/aromatic N) is 1. The highest BCUT2D eigenvalue weighted by atomic mass is 79.9. The molecule has 0 aromatic heterocycles. The van der Waals surface area contributed by atoms with E-state index in [-0.39, 0.29) is 5.57 Å². The van der Waals surface area contributed by atoms with Gasteiger partial charge in [0, 0.05) is 4.48 Å². The Morgan fingerprint density at radius 2 is 2.27 bits per heavy atom. The summed E-state index contributed by atoms with van der Waals surface area (Å²) >= 11 is 3.00. The van der Waals surface area contributed by atoms with E-state index in [1.807, 2.05) is 0 Å². The molecule has 0 aromatic rings.